The van der Waals surface area contributed by atoms with Gasteiger partial charge in [0.1, 0.15) is 0 Å². The predicted molar refractivity (Wildman–Crippen MR) is 92.2 cm³/mol. The topological polar surface area (TPSA) is 81.3 Å². The van der Waals surface area contributed by atoms with Gasteiger partial charge in [-0.3, -0.25) is 14.9 Å². The standard InChI is InChI=1S/C15H15IN4O3/c16-14-2-1-12(20(22)23)9-13(14)15(21)18-6-3-11(4-7-18)19-8-5-17-10-19/h1-2,5,8-11H,3-4,6-7H2. The van der Waals surface area contributed by atoms with E-state index in [1.54, 1.807) is 23.5 Å². The van der Waals surface area contributed by atoms with Crippen LogP contribution in [0, 0.1) is 13.7 Å². The number of hydrogen-bond donors (Lipinski definition) is 0. The second-order valence-corrected chi connectivity index (χ2v) is 6.62. The molecule has 2 heterocycles. The molecule has 1 saturated heterocycles. The second-order valence-electron chi connectivity index (χ2n) is 5.45. The van der Waals surface area contributed by atoms with Crippen LogP contribution in [0.5, 0.6) is 0 Å². The number of hydrogen-bond acceptors (Lipinski definition) is 4. The van der Waals surface area contributed by atoms with E-state index in [1.165, 1.54) is 12.1 Å². The van der Waals surface area contributed by atoms with Crippen molar-refractivity contribution in [3.05, 3.63) is 56.2 Å². The van der Waals surface area contributed by atoms with E-state index in [9.17, 15) is 14.9 Å². The van der Waals surface area contributed by atoms with Crippen molar-refractivity contribution < 1.29 is 9.72 Å². The molecule has 1 aromatic carbocycles. The summed E-state index contributed by atoms with van der Waals surface area (Å²) < 4.78 is 2.80. The van der Waals surface area contributed by atoms with E-state index in [0.29, 0.717) is 24.7 Å². The lowest BCUT2D eigenvalue weighted by molar-refractivity contribution is -0.384. The number of nitro benzene ring substituents is 1. The maximum Gasteiger partial charge on any atom is 0.270 e. The number of aromatic nitrogens is 2. The molecule has 3 rings (SSSR count). The van der Waals surface area contributed by atoms with E-state index in [2.05, 4.69) is 9.55 Å². The maximum absolute atomic E-state index is 12.7. The number of benzene rings is 1. The average molecular weight is 426 g/mol. The molecule has 8 heteroatoms. The van der Waals surface area contributed by atoms with Gasteiger partial charge in [-0.2, -0.15) is 0 Å². The van der Waals surface area contributed by atoms with Gasteiger partial charge in [0.25, 0.3) is 11.6 Å². The lowest BCUT2D eigenvalue weighted by atomic mass is 10.0. The molecule has 7 nitrogen and oxygen atoms in total. The zero-order valence-electron chi connectivity index (χ0n) is 12.3. The number of nitrogens with zero attached hydrogens (tertiary/aromatic N) is 4. The number of carbonyl (C=O) groups is 1. The first-order valence-electron chi connectivity index (χ1n) is 7.27. The minimum Gasteiger partial charge on any atom is -0.338 e. The molecular formula is C15H15IN4O3. The monoisotopic (exact) mass is 426 g/mol. The summed E-state index contributed by atoms with van der Waals surface area (Å²) in [5, 5.41) is 10.9. The third-order valence-electron chi connectivity index (χ3n) is 4.09. The number of imidazole rings is 1. The summed E-state index contributed by atoms with van der Waals surface area (Å²) >= 11 is 2.04. The van der Waals surface area contributed by atoms with Crippen LogP contribution in [0.15, 0.2) is 36.9 Å². The Morgan fingerprint density at radius 2 is 2.09 bits per heavy atom. The number of amides is 1. The predicted octanol–water partition coefficient (Wildman–Crippen LogP) is 2.87. The van der Waals surface area contributed by atoms with Crippen molar-refractivity contribution >= 4 is 34.2 Å². The third kappa shape index (κ3) is 3.36. The first-order chi connectivity index (χ1) is 11.1. The van der Waals surface area contributed by atoms with Gasteiger partial charge in [0, 0.05) is 47.2 Å². The Morgan fingerprint density at radius 3 is 2.70 bits per heavy atom. The van der Waals surface area contributed by atoms with Crippen LogP contribution in [0.25, 0.3) is 0 Å². The van der Waals surface area contributed by atoms with E-state index in [4.69, 9.17) is 0 Å². The van der Waals surface area contributed by atoms with Gasteiger partial charge in [-0.1, -0.05) is 0 Å². The minimum atomic E-state index is -0.474. The summed E-state index contributed by atoms with van der Waals surface area (Å²) in [6.07, 6.45) is 7.20. The van der Waals surface area contributed by atoms with Crippen molar-refractivity contribution in [2.75, 3.05) is 13.1 Å². The number of halogens is 1. The molecule has 120 valence electrons. The van der Waals surface area contributed by atoms with E-state index in [0.717, 1.165) is 16.4 Å². The van der Waals surface area contributed by atoms with Crippen LogP contribution in [-0.2, 0) is 0 Å². The molecule has 0 N–H and O–H groups in total. The summed E-state index contributed by atoms with van der Waals surface area (Å²) in [6, 6.07) is 4.76. The highest BCUT2D eigenvalue weighted by Gasteiger charge is 2.26. The van der Waals surface area contributed by atoms with Crippen molar-refractivity contribution in [3.8, 4) is 0 Å². The molecule has 0 saturated carbocycles. The van der Waals surface area contributed by atoms with Crippen molar-refractivity contribution in [3.63, 3.8) is 0 Å². The van der Waals surface area contributed by atoms with Crippen LogP contribution >= 0.6 is 22.6 Å². The van der Waals surface area contributed by atoms with Gasteiger partial charge in [-0.25, -0.2) is 4.98 Å². The largest absolute Gasteiger partial charge is 0.338 e. The highest BCUT2D eigenvalue weighted by atomic mass is 127. The Labute approximate surface area is 146 Å². The molecule has 1 aromatic heterocycles. The molecule has 0 bridgehead atoms. The van der Waals surface area contributed by atoms with Crippen LogP contribution in [0.1, 0.15) is 29.2 Å². The summed E-state index contributed by atoms with van der Waals surface area (Å²) in [4.78, 5) is 28.9. The first-order valence-corrected chi connectivity index (χ1v) is 8.35. The van der Waals surface area contributed by atoms with Gasteiger partial charge in [0.05, 0.1) is 16.8 Å². The van der Waals surface area contributed by atoms with E-state index in [1.807, 2.05) is 28.8 Å². The Morgan fingerprint density at radius 1 is 1.35 bits per heavy atom. The van der Waals surface area contributed by atoms with Gasteiger partial charge in [-0.05, 0) is 41.5 Å². The molecule has 0 unspecified atom stereocenters. The van der Waals surface area contributed by atoms with Gasteiger partial charge in [0.2, 0.25) is 0 Å². The zero-order chi connectivity index (χ0) is 16.4. The normalized spacial score (nSPS) is 15.6. The van der Waals surface area contributed by atoms with Gasteiger partial charge >= 0.3 is 0 Å². The minimum absolute atomic E-state index is 0.0536. The number of piperidine rings is 1. The fourth-order valence-corrected chi connectivity index (χ4v) is 3.38. The highest BCUT2D eigenvalue weighted by Crippen LogP contribution is 2.26. The summed E-state index contributed by atoms with van der Waals surface area (Å²) in [6.45, 7) is 1.28. The smallest absolute Gasteiger partial charge is 0.270 e. The zero-order valence-corrected chi connectivity index (χ0v) is 14.4. The number of nitro groups is 1. The molecule has 0 spiro atoms. The van der Waals surface area contributed by atoms with Gasteiger partial charge in [-0.15, -0.1) is 0 Å². The highest BCUT2D eigenvalue weighted by molar-refractivity contribution is 14.1. The Bertz CT molecular complexity index is 724. The number of non-ortho nitro benzene ring substituents is 1. The first kappa shape index (κ1) is 15.9. The van der Waals surface area contributed by atoms with E-state index in [-0.39, 0.29) is 11.6 Å². The number of rotatable bonds is 3. The van der Waals surface area contributed by atoms with E-state index < -0.39 is 4.92 Å². The Kier molecular flexibility index (Phi) is 4.60. The lowest BCUT2D eigenvalue weighted by Gasteiger charge is -2.32. The molecule has 1 amide bonds. The Balaban J connectivity index is 1.72. The van der Waals surface area contributed by atoms with Crippen LogP contribution in [0.4, 0.5) is 5.69 Å². The fraction of sp³-hybridized carbons (Fsp3) is 0.333. The van der Waals surface area contributed by atoms with E-state index >= 15 is 0 Å². The molecule has 0 radical (unpaired) electrons. The number of likely N-dealkylation sites (tertiary alicyclic amines) is 1. The molecule has 1 fully saturated rings. The molecule has 1 aliphatic rings. The van der Waals surface area contributed by atoms with Crippen molar-refractivity contribution in [2.45, 2.75) is 18.9 Å². The lowest BCUT2D eigenvalue weighted by Crippen LogP contribution is -2.39. The summed E-state index contributed by atoms with van der Waals surface area (Å²) in [5.41, 5.74) is 0.350. The van der Waals surface area contributed by atoms with Crippen molar-refractivity contribution in [2.24, 2.45) is 0 Å². The second kappa shape index (κ2) is 6.65. The molecule has 2 aromatic rings. The molecular weight excluding hydrogens is 411 g/mol. The van der Waals surface area contributed by atoms with Gasteiger partial charge in [0.15, 0.2) is 0 Å². The molecule has 23 heavy (non-hydrogen) atoms. The van der Waals surface area contributed by atoms with Crippen LogP contribution in [0.3, 0.4) is 0 Å². The third-order valence-corrected chi connectivity index (χ3v) is 5.03. The van der Waals surface area contributed by atoms with Crippen molar-refractivity contribution in [1.82, 2.24) is 14.5 Å². The average Bonchev–Trinajstić information content (AvgIpc) is 3.09. The van der Waals surface area contributed by atoms with Crippen LogP contribution in [0.2, 0.25) is 0 Å². The maximum atomic E-state index is 12.7. The molecule has 0 aliphatic carbocycles. The quantitative estimate of drug-likeness (QED) is 0.430. The van der Waals surface area contributed by atoms with Crippen LogP contribution < -0.4 is 0 Å². The fourth-order valence-electron chi connectivity index (χ4n) is 2.81. The van der Waals surface area contributed by atoms with Gasteiger partial charge < -0.3 is 9.47 Å². The SMILES string of the molecule is O=C(c1cc([N+](=O)[O-])ccc1I)N1CCC(n2ccnc2)CC1. The molecule has 0 atom stereocenters. The summed E-state index contributed by atoms with van der Waals surface area (Å²) in [5.74, 6) is -0.137. The number of carbonyl (C=O) groups excluding carboxylic acids is 1. The molecule has 1 aliphatic heterocycles. The van der Waals surface area contributed by atoms with Crippen molar-refractivity contribution in [1.29, 1.82) is 0 Å². The Hall–Kier alpha value is -1.97. The van der Waals surface area contributed by atoms with Crippen LogP contribution in [-0.4, -0.2) is 38.4 Å². The summed E-state index contributed by atoms with van der Waals surface area (Å²) in [7, 11) is 0.